The van der Waals surface area contributed by atoms with Crippen LogP contribution in [0.1, 0.15) is 65.6 Å². The molecule has 1 fully saturated rings. The van der Waals surface area contributed by atoms with E-state index in [1.165, 1.54) is 0 Å². The second kappa shape index (κ2) is 22.6. The van der Waals surface area contributed by atoms with Crippen molar-refractivity contribution in [2.45, 2.75) is 60.5 Å². The minimum Gasteiger partial charge on any atom is -0.343 e. The number of benzene rings is 1. The Balaban J connectivity index is -0.000000592. The molecule has 0 saturated carbocycles. The molecular weight excluding hydrogens is 396 g/mol. The molecule has 2 rings (SSSR count). The Morgan fingerprint density at radius 3 is 1.88 bits per heavy atom. The van der Waals surface area contributed by atoms with Crippen LogP contribution < -0.4 is 0 Å². The first-order valence-electron chi connectivity index (χ1n) is 11.3. The van der Waals surface area contributed by atoms with Gasteiger partial charge in [0.15, 0.2) is 0 Å². The van der Waals surface area contributed by atoms with Crippen LogP contribution >= 0.6 is 0 Å². The van der Waals surface area contributed by atoms with Crippen LogP contribution in [0.3, 0.4) is 0 Å². The number of allylic oxidation sites excluding steroid dienone is 4. The number of amides is 1. The van der Waals surface area contributed by atoms with Gasteiger partial charge >= 0.3 is 0 Å². The van der Waals surface area contributed by atoms with Gasteiger partial charge in [0, 0.05) is 26.7 Å². The lowest BCUT2D eigenvalue weighted by Crippen LogP contribution is -2.54. The summed E-state index contributed by atoms with van der Waals surface area (Å²) in [6.45, 7) is 21.7. The molecule has 1 aromatic carbocycles. The number of piperazine rings is 1. The smallest absolute Gasteiger partial charge is 0.249 e. The van der Waals surface area contributed by atoms with Gasteiger partial charge in [0.2, 0.25) is 5.91 Å². The number of carbonyl (C=O) groups excluding carboxylic acids is 1. The average molecular weight is 441 g/mol. The first-order valence-corrected chi connectivity index (χ1v) is 11.3. The number of hydrogen-bond donors (Lipinski definition) is 0. The molecule has 0 spiro atoms. The minimum atomic E-state index is -0.375. The summed E-state index contributed by atoms with van der Waals surface area (Å²) >= 11 is 0. The van der Waals surface area contributed by atoms with E-state index in [2.05, 4.69) is 31.1 Å². The molecule has 5 heteroatoms. The molecule has 0 aromatic heterocycles. The molecule has 1 amide bonds. The third-order valence-electron chi connectivity index (χ3n) is 3.94. The number of aliphatic imine (C=N–C) groups is 1. The maximum absolute atomic E-state index is 12.5. The Hall–Kier alpha value is -3.13. The van der Waals surface area contributed by atoms with Gasteiger partial charge < -0.3 is 9.80 Å². The van der Waals surface area contributed by atoms with Crippen molar-refractivity contribution in [2.75, 3.05) is 20.6 Å². The first kappa shape index (κ1) is 33.5. The third-order valence-corrected chi connectivity index (χ3v) is 3.94. The summed E-state index contributed by atoms with van der Waals surface area (Å²) in [6.07, 6.45) is 8.79. The van der Waals surface area contributed by atoms with E-state index >= 15 is 0 Å². The molecule has 0 N–H and O–H groups in total. The Labute approximate surface area is 197 Å². The molecule has 0 aliphatic carbocycles. The highest BCUT2D eigenvalue weighted by Gasteiger charge is 2.36. The van der Waals surface area contributed by atoms with Crippen LogP contribution in [0.2, 0.25) is 0 Å². The number of hydrogen-bond acceptors (Lipinski definition) is 3. The Morgan fingerprint density at radius 1 is 1.03 bits per heavy atom. The van der Waals surface area contributed by atoms with Gasteiger partial charge in [0.1, 0.15) is 6.04 Å². The standard InChI is InChI=1S/C15H18N4O.C6H8.3C2H6/c1-11-9-18(3)15(20)14(19(11)10-17-2)13-6-4-12(8-16)5-7-13;1-3-5-6-4-2;3*1-2/h4-7,10-11,14H,9H2,1-3H3;3-6H,1-2H2;3*1-2H3/b;6-5-;;;. The number of carbonyl (C=O) groups is 1. The van der Waals surface area contributed by atoms with Gasteiger partial charge in [-0.25, -0.2) is 0 Å². The molecule has 2 atom stereocenters. The molecule has 1 heterocycles. The fraction of sp³-hybridized carbons (Fsp3) is 0.444. The fourth-order valence-corrected chi connectivity index (χ4v) is 2.70. The Bertz CT molecular complexity index is 704. The normalized spacial score (nSPS) is 16.7. The molecule has 1 aliphatic heterocycles. The SMILES string of the molecule is C=C/C=C\C=C.CC.CC.CC.CN=CN1C(C)CN(C)C(=O)C1c1ccc(C#N)cc1. The predicted octanol–water partition coefficient (Wildman–Crippen LogP) is 6.41. The summed E-state index contributed by atoms with van der Waals surface area (Å²) in [5.41, 5.74) is 1.47. The van der Waals surface area contributed by atoms with Crippen molar-refractivity contribution in [3.63, 3.8) is 0 Å². The Morgan fingerprint density at radius 2 is 1.50 bits per heavy atom. The van der Waals surface area contributed by atoms with Gasteiger partial charge in [-0.15, -0.1) is 0 Å². The maximum Gasteiger partial charge on any atom is 0.249 e. The van der Waals surface area contributed by atoms with Crippen LogP contribution in [0.15, 0.2) is 66.7 Å². The summed E-state index contributed by atoms with van der Waals surface area (Å²) < 4.78 is 0. The van der Waals surface area contributed by atoms with E-state index in [1.54, 1.807) is 42.6 Å². The minimum absolute atomic E-state index is 0.0488. The second-order valence-corrected chi connectivity index (χ2v) is 5.88. The number of nitriles is 1. The summed E-state index contributed by atoms with van der Waals surface area (Å²) in [6, 6.07) is 9.06. The van der Waals surface area contributed by atoms with E-state index < -0.39 is 0 Å². The zero-order valence-corrected chi connectivity index (χ0v) is 21.7. The first-order chi connectivity index (χ1) is 15.5. The van der Waals surface area contributed by atoms with E-state index in [9.17, 15) is 4.79 Å². The maximum atomic E-state index is 12.5. The van der Waals surface area contributed by atoms with Gasteiger partial charge in [-0.2, -0.15) is 5.26 Å². The van der Waals surface area contributed by atoms with Crippen LogP contribution in [-0.2, 0) is 4.79 Å². The van der Waals surface area contributed by atoms with Crippen LogP contribution in [0.4, 0.5) is 0 Å². The van der Waals surface area contributed by atoms with Crippen LogP contribution in [0, 0.1) is 11.3 Å². The van der Waals surface area contributed by atoms with Crippen molar-refractivity contribution in [2.24, 2.45) is 4.99 Å². The van der Waals surface area contributed by atoms with Crippen molar-refractivity contribution in [3.05, 3.63) is 72.9 Å². The summed E-state index contributed by atoms with van der Waals surface area (Å²) in [7, 11) is 3.52. The van der Waals surface area contributed by atoms with E-state index in [-0.39, 0.29) is 18.0 Å². The van der Waals surface area contributed by atoms with Crippen molar-refractivity contribution in [1.82, 2.24) is 9.80 Å². The van der Waals surface area contributed by atoms with Crippen LogP contribution in [0.25, 0.3) is 0 Å². The number of rotatable bonds is 4. The molecule has 178 valence electrons. The lowest BCUT2D eigenvalue weighted by Gasteiger charge is -2.42. The summed E-state index contributed by atoms with van der Waals surface area (Å²) in [5.74, 6) is 0.0488. The van der Waals surface area contributed by atoms with Crippen molar-refractivity contribution >= 4 is 12.2 Å². The van der Waals surface area contributed by atoms with Crippen molar-refractivity contribution in [1.29, 1.82) is 5.26 Å². The van der Waals surface area contributed by atoms with Crippen molar-refractivity contribution < 1.29 is 4.79 Å². The molecule has 0 radical (unpaired) electrons. The largest absolute Gasteiger partial charge is 0.343 e. The van der Waals surface area contributed by atoms with Gasteiger partial charge in [0.25, 0.3) is 0 Å². The highest BCUT2D eigenvalue weighted by molar-refractivity contribution is 5.86. The Kier molecular flexibility index (Phi) is 23.6. The van der Waals surface area contributed by atoms with Crippen LogP contribution in [0.5, 0.6) is 0 Å². The lowest BCUT2D eigenvalue weighted by atomic mass is 9.98. The second-order valence-electron chi connectivity index (χ2n) is 5.88. The van der Waals surface area contributed by atoms with Crippen molar-refractivity contribution in [3.8, 4) is 6.07 Å². The highest BCUT2D eigenvalue weighted by atomic mass is 16.2. The quantitative estimate of drug-likeness (QED) is 0.309. The van der Waals surface area contributed by atoms with E-state index in [0.29, 0.717) is 12.1 Å². The highest BCUT2D eigenvalue weighted by Crippen LogP contribution is 2.28. The zero-order chi connectivity index (χ0) is 25.5. The van der Waals surface area contributed by atoms with E-state index in [4.69, 9.17) is 5.26 Å². The van der Waals surface area contributed by atoms with Gasteiger partial charge in [-0.05, 0) is 24.6 Å². The molecular formula is C27H44N4O. The molecule has 5 nitrogen and oxygen atoms in total. The van der Waals surface area contributed by atoms with Gasteiger partial charge in [-0.1, -0.05) is 91.1 Å². The molecule has 1 aliphatic rings. The molecule has 1 saturated heterocycles. The molecule has 1 aromatic rings. The summed E-state index contributed by atoms with van der Waals surface area (Å²) in [4.78, 5) is 20.2. The van der Waals surface area contributed by atoms with Gasteiger partial charge in [-0.3, -0.25) is 9.79 Å². The van der Waals surface area contributed by atoms with Gasteiger partial charge in [0.05, 0.1) is 18.0 Å². The monoisotopic (exact) mass is 440 g/mol. The number of nitrogens with zero attached hydrogens (tertiary/aromatic N) is 4. The summed E-state index contributed by atoms with van der Waals surface area (Å²) in [5, 5.41) is 8.85. The third kappa shape index (κ3) is 11.9. The molecule has 2 unspecified atom stereocenters. The molecule has 32 heavy (non-hydrogen) atoms. The predicted molar refractivity (Wildman–Crippen MR) is 141 cm³/mol. The topological polar surface area (TPSA) is 59.7 Å². The number of likely N-dealkylation sites (N-methyl/N-ethyl adjacent to an activating group) is 1. The lowest BCUT2D eigenvalue weighted by molar-refractivity contribution is -0.139. The van der Waals surface area contributed by atoms with E-state index in [0.717, 1.165) is 5.56 Å². The van der Waals surface area contributed by atoms with E-state index in [1.807, 2.05) is 77.8 Å². The fourth-order valence-electron chi connectivity index (χ4n) is 2.70. The van der Waals surface area contributed by atoms with Crippen LogP contribution in [-0.4, -0.2) is 48.7 Å². The molecule has 0 bridgehead atoms. The average Bonchev–Trinajstić information content (AvgIpc) is 2.86. The zero-order valence-electron chi connectivity index (χ0n) is 21.7.